The summed E-state index contributed by atoms with van der Waals surface area (Å²) >= 11 is 0. The molecule has 0 amide bonds. The van der Waals surface area contributed by atoms with E-state index in [1.54, 1.807) is 0 Å². The highest BCUT2D eigenvalue weighted by atomic mass is 16.5. The number of nitrogens with zero attached hydrogens (tertiary/aromatic N) is 1. The summed E-state index contributed by atoms with van der Waals surface area (Å²) in [6.07, 6.45) is 0.688. The molecule has 2 heterocycles. The first kappa shape index (κ1) is 9.40. The van der Waals surface area contributed by atoms with Crippen LogP contribution in [0.15, 0.2) is 0 Å². The molecule has 0 aliphatic carbocycles. The summed E-state index contributed by atoms with van der Waals surface area (Å²) in [5.41, 5.74) is 0. The van der Waals surface area contributed by atoms with Gasteiger partial charge in [-0.05, 0) is 6.42 Å². The fraction of sp³-hybridized carbons (Fsp3) is 1.00. The van der Waals surface area contributed by atoms with Crippen LogP contribution in [0.4, 0.5) is 0 Å². The Hall–Kier alpha value is -0.160. The number of hydrogen-bond acceptors (Lipinski definition) is 4. The van der Waals surface area contributed by atoms with E-state index in [1.807, 2.05) is 0 Å². The van der Waals surface area contributed by atoms with E-state index in [9.17, 15) is 5.11 Å². The highest BCUT2D eigenvalue weighted by Crippen LogP contribution is 2.15. The topological polar surface area (TPSA) is 44.7 Å². The van der Waals surface area contributed by atoms with E-state index in [0.717, 1.165) is 39.2 Å². The fourth-order valence-electron chi connectivity index (χ4n) is 2.15. The second kappa shape index (κ2) is 4.37. The zero-order valence-electron chi connectivity index (χ0n) is 7.91. The van der Waals surface area contributed by atoms with E-state index in [4.69, 9.17) is 4.74 Å². The van der Waals surface area contributed by atoms with Gasteiger partial charge in [-0.25, -0.2) is 0 Å². The molecule has 2 saturated heterocycles. The largest absolute Gasteiger partial charge is 0.389 e. The molecule has 0 spiro atoms. The summed E-state index contributed by atoms with van der Waals surface area (Å²) in [5, 5.41) is 13.0. The first-order chi connectivity index (χ1) is 6.38. The molecule has 2 atom stereocenters. The van der Waals surface area contributed by atoms with Crippen LogP contribution in [0.1, 0.15) is 6.42 Å². The molecule has 2 aliphatic heterocycles. The average Bonchev–Trinajstić information content (AvgIpc) is 2.20. The maximum Gasteiger partial charge on any atom is 0.0929 e. The van der Waals surface area contributed by atoms with Gasteiger partial charge in [-0.1, -0.05) is 0 Å². The first-order valence-electron chi connectivity index (χ1n) is 5.08. The van der Waals surface area contributed by atoms with E-state index in [2.05, 4.69) is 10.2 Å². The Morgan fingerprint density at radius 2 is 2.08 bits per heavy atom. The monoisotopic (exact) mass is 186 g/mol. The standard InChI is InChI=1S/C9H18N2O2/c12-9-7-13-6-1-8(9)11-4-2-10-3-5-11/h8-10,12H,1-7H2. The van der Waals surface area contributed by atoms with Gasteiger partial charge in [0, 0.05) is 38.8 Å². The van der Waals surface area contributed by atoms with Gasteiger partial charge in [-0.3, -0.25) is 4.90 Å². The van der Waals surface area contributed by atoms with Crippen molar-refractivity contribution in [3.8, 4) is 0 Å². The molecule has 2 fully saturated rings. The van der Waals surface area contributed by atoms with E-state index >= 15 is 0 Å². The molecule has 4 nitrogen and oxygen atoms in total. The lowest BCUT2D eigenvalue weighted by molar-refractivity contribution is -0.0667. The zero-order valence-corrected chi connectivity index (χ0v) is 7.91. The summed E-state index contributed by atoms with van der Waals surface area (Å²) in [7, 11) is 0. The molecule has 2 unspecified atom stereocenters. The van der Waals surface area contributed by atoms with Gasteiger partial charge in [-0.15, -0.1) is 0 Å². The van der Waals surface area contributed by atoms with Gasteiger partial charge in [0.25, 0.3) is 0 Å². The van der Waals surface area contributed by atoms with Gasteiger partial charge in [0.15, 0.2) is 0 Å². The van der Waals surface area contributed by atoms with Crippen LogP contribution in [0, 0.1) is 0 Å². The van der Waals surface area contributed by atoms with E-state index in [1.165, 1.54) is 0 Å². The van der Waals surface area contributed by atoms with E-state index in [-0.39, 0.29) is 6.10 Å². The van der Waals surface area contributed by atoms with Crippen LogP contribution < -0.4 is 5.32 Å². The Bertz CT molecular complexity index is 160. The maximum absolute atomic E-state index is 9.73. The molecule has 0 bridgehead atoms. The van der Waals surface area contributed by atoms with Crippen LogP contribution in [-0.4, -0.2) is 61.5 Å². The molecule has 0 radical (unpaired) electrons. The third kappa shape index (κ3) is 2.20. The number of ether oxygens (including phenoxy) is 1. The number of rotatable bonds is 1. The van der Waals surface area contributed by atoms with Crippen molar-refractivity contribution in [3.05, 3.63) is 0 Å². The predicted octanol–water partition coefficient (Wildman–Crippen LogP) is -0.959. The van der Waals surface area contributed by atoms with Crippen molar-refractivity contribution < 1.29 is 9.84 Å². The maximum atomic E-state index is 9.73. The Balaban J connectivity index is 1.88. The van der Waals surface area contributed by atoms with Crippen LogP contribution >= 0.6 is 0 Å². The average molecular weight is 186 g/mol. The van der Waals surface area contributed by atoms with Crippen molar-refractivity contribution in [2.75, 3.05) is 39.4 Å². The molecule has 2 rings (SSSR count). The normalized spacial score (nSPS) is 37.6. The molecule has 0 aromatic heterocycles. The van der Waals surface area contributed by atoms with Crippen LogP contribution in [0.5, 0.6) is 0 Å². The summed E-state index contributed by atoms with van der Waals surface area (Å²) in [5.74, 6) is 0. The summed E-state index contributed by atoms with van der Waals surface area (Å²) in [4.78, 5) is 2.38. The zero-order chi connectivity index (χ0) is 9.10. The Kier molecular flexibility index (Phi) is 3.16. The summed E-state index contributed by atoms with van der Waals surface area (Å²) in [6, 6.07) is 0.329. The van der Waals surface area contributed by atoms with Gasteiger partial charge in [0.05, 0.1) is 12.7 Å². The van der Waals surface area contributed by atoms with Crippen LogP contribution in [-0.2, 0) is 4.74 Å². The highest BCUT2D eigenvalue weighted by molar-refractivity contribution is 4.84. The molecule has 2 aliphatic rings. The van der Waals surface area contributed by atoms with Crippen molar-refractivity contribution in [1.82, 2.24) is 10.2 Å². The third-order valence-corrected chi connectivity index (χ3v) is 2.91. The molecular formula is C9H18N2O2. The van der Waals surface area contributed by atoms with Gasteiger partial charge in [-0.2, -0.15) is 0 Å². The second-order valence-electron chi connectivity index (χ2n) is 3.78. The van der Waals surface area contributed by atoms with Gasteiger partial charge in [0.2, 0.25) is 0 Å². The smallest absolute Gasteiger partial charge is 0.0929 e. The van der Waals surface area contributed by atoms with Gasteiger partial charge < -0.3 is 15.2 Å². The molecule has 76 valence electrons. The van der Waals surface area contributed by atoms with Crippen LogP contribution in [0.25, 0.3) is 0 Å². The fourth-order valence-corrected chi connectivity index (χ4v) is 2.15. The van der Waals surface area contributed by atoms with Crippen LogP contribution in [0.3, 0.4) is 0 Å². The van der Waals surface area contributed by atoms with Crippen molar-refractivity contribution in [2.45, 2.75) is 18.6 Å². The van der Waals surface area contributed by atoms with Crippen molar-refractivity contribution in [3.63, 3.8) is 0 Å². The molecular weight excluding hydrogens is 168 g/mol. The number of aliphatic hydroxyl groups excluding tert-OH is 1. The third-order valence-electron chi connectivity index (χ3n) is 2.91. The minimum atomic E-state index is -0.285. The van der Waals surface area contributed by atoms with E-state index in [0.29, 0.717) is 12.6 Å². The lowest BCUT2D eigenvalue weighted by Gasteiger charge is -2.39. The predicted molar refractivity (Wildman–Crippen MR) is 49.7 cm³/mol. The van der Waals surface area contributed by atoms with Gasteiger partial charge in [0.1, 0.15) is 0 Å². The second-order valence-corrected chi connectivity index (χ2v) is 3.78. The molecule has 2 N–H and O–H groups in total. The first-order valence-corrected chi connectivity index (χ1v) is 5.08. The van der Waals surface area contributed by atoms with E-state index < -0.39 is 0 Å². The number of piperazine rings is 1. The number of aliphatic hydroxyl groups is 1. The molecule has 0 aromatic rings. The lowest BCUT2D eigenvalue weighted by atomic mass is 10.0. The minimum Gasteiger partial charge on any atom is -0.389 e. The molecule has 0 aromatic carbocycles. The summed E-state index contributed by atoms with van der Waals surface area (Å²) < 4.78 is 5.21. The Morgan fingerprint density at radius 3 is 2.77 bits per heavy atom. The van der Waals surface area contributed by atoms with Crippen molar-refractivity contribution in [1.29, 1.82) is 0 Å². The Morgan fingerprint density at radius 1 is 1.31 bits per heavy atom. The van der Waals surface area contributed by atoms with Crippen molar-refractivity contribution in [2.24, 2.45) is 0 Å². The Labute approximate surface area is 78.9 Å². The molecule has 4 heteroatoms. The minimum absolute atomic E-state index is 0.285. The number of nitrogens with one attached hydrogen (secondary N) is 1. The number of hydrogen-bond donors (Lipinski definition) is 2. The van der Waals surface area contributed by atoms with Gasteiger partial charge >= 0.3 is 0 Å². The quantitative estimate of drug-likeness (QED) is 0.554. The summed E-state index contributed by atoms with van der Waals surface area (Å²) in [6.45, 7) is 5.51. The molecule has 13 heavy (non-hydrogen) atoms. The molecule has 0 saturated carbocycles. The SMILES string of the molecule is OC1COCCC1N1CCNCC1. The van der Waals surface area contributed by atoms with Crippen LogP contribution in [0.2, 0.25) is 0 Å². The van der Waals surface area contributed by atoms with Crippen molar-refractivity contribution >= 4 is 0 Å². The lowest BCUT2D eigenvalue weighted by Crippen LogP contribution is -2.55. The highest BCUT2D eigenvalue weighted by Gasteiger charge is 2.29.